The van der Waals surface area contributed by atoms with Gasteiger partial charge in [-0.05, 0) is 0 Å². The summed E-state index contributed by atoms with van der Waals surface area (Å²) in [5, 5.41) is 0. The molecular formula is C4H6OSn. The number of carbonyl (C=O) groups is 1. The molecule has 0 aromatic rings. The maximum atomic E-state index is 10.1. The Hall–Kier alpha value is 0.209. The van der Waals surface area contributed by atoms with Gasteiger partial charge in [-0.25, -0.2) is 0 Å². The first-order chi connectivity index (χ1) is 2.64. The predicted octanol–water partition coefficient (Wildman–Crippen LogP) is -0.0101. The molecule has 0 fully saturated rings. The van der Waals surface area contributed by atoms with Gasteiger partial charge < -0.3 is 0 Å². The van der Waals surface area contributed by atoms with E-state index in [4.69, 9.17) is 0 Å². The molecule has 0 unspecified atom stereocenters. The van der Waals surface area contributed by atoms with Crippen LogP contribution in [0.1, 0.15) is 6.92 Å². The van der Waals surface area contributed by atoms with Crippen molar-refractivity contribution in [2.24, 2.45) is 0 Å². The van der Waals surface area contributed by atoms with E-state index >= 15 is 0 Å². The van der Waals surface area contributed by atoms with E-state index in [0.717, 1.165) is 0 Å². The van der Waals surface area contributed by atoms with Crippen LogP contribution in [-0.4, -0.2) is 26.3 Å². The Morgan fingerprint density at radius 3 is 2.00 bits per heavy atom. The molecule has 6 heavy (non-hydrogen) atoms. The van der Waals surface area contributed by atoms with E-state index in [1.54, 1.807) is 6.92 Å². The standard InChI is InChI=1S/C4H5O.Sn.H/c1-4(2)3-5;;/h1H2,2H3;;. The van der Waals surface area contributed by atoms with E-state index < -0.39 is 0 Å². The van der Waals surface area contributed by atoms with Crippen molar-refractivity contribution in [2.75, 3.05) is 0 Å². The molecule has 0 saturated carbocycles. The van der Waals surface area contributed by atoms with Crippen molar-refractivity contribution in [2.45, 2.75) is 6.92 Å². The SMILES string of the molecule is C=C(C)[C](=O)[SnH]. The molecule has 0 aliphatic rings. The third-order valence-corrected chi connectivity index (χ3v) is 1.83. The Bertz CT molecular complexity index is 73.5. The van der Waals surface area contributed by atoms with Crippen LogP contribution in [0.2, 0.25) is 0 Å². The summed E-state index contributed by atoms with van der Waals surface area (Å²) in [5.41, 5.74) is 0.678. The van der Waals surface area contributed by atoms with Gasteiger partial charge in [-0.15, -0.1) is 0 Å². The van der Waals surface area contributed by atoms with Gasteiger partial charge in [0.2, 0.25) is 0 Å². The minimum atomic E-state index is 0.195. The van der Waals surface area contributed by atoms with Crippen molar-refractivity contribution >= 4 is 26.3 Å². The second-order valence-electron chi connectivity index (χ2n) is 1.14. The van der Waals surface area contributed by atoms with E-state index in [2.05, 4.69) is 6.58 Å². The summed E-state index contributed by atoms with van der Waals surface area (Å²) >= 11 is 0.672. The Balaban J connectivity index is 3.57. The molecular weight excluding hydrogens is 183 g/mol. The fraction of sp³-hybridized carbons (Fsp3) is 0.250. The average Bonchev–Trinajstić information content (AvgIpc) is 1.36. The fourth-order valence-electron chi connectivity index (χ4n) is 0. The first kappa shape index (κ1) is 6.21. The zero-order valence-corrected chi connectivity index (χ0v) is 6.99. The molecule has 0 aliphatic carbocycles. The van der Waals surface area contributed by atoms with Crippen molar-refractivity contribution in [1.29, 1.82) is 0 Å². The van der Waals surface area contributed by atoms with Crippen LogP contribution in [0.4, 0.5) is 0 Å². The number of hydrogen-bond acceptors (Lipinski definition) is 1. The summed E-state index contributed by atoms with van der Waals surface area (Å²) < 4.78 is 0.195. The summed E-state index contributed by atoms with van der Waals surface area (Å²) in [6, 6.07) is 0. The number of hydrogen-bond donors (Lipinski definition) is 0. The second kappa shape index (κ2) is 2.39. The van der Waals surface area contributed by atoms with Gasteiger partial charge in [-0.3, -0.25) is 0 Å². The van der Waals surface area contributed by atoms with E-state index in [1.165, 1.54) is 0 Å². The third kappa shape index (κ3) is 2.45. The van der Waals surface area contributed by atoms with E-state index in [9.17, 15) is 4.79 Å². The topological polar surface area (TPSA) is 17.1 Å². The molecule has 0 amide bonds. The van der Waals surface area contributed by atoms with Crippen LogP contribution in [-0.2, 0) is 4.79 Å². The number of allylic oxidation sites excluding steroid dienone is 1. The summed E-state index contributed by atoms with van der Waals surface area (Å²) in [5.74, 6) is 0. The van der Waals surface area contributed by atoms with Gasteiger partial charge in [-0.2, -0.15) is 0 Å². The quantitative estimate of drug-likeness (QED) is 0.418. The molecule has 0 saturated heterocycles. The van der Waals surface area contributed by atoms with Crippen molar-refractivity contribution in [1.82, 2.24) is 0 Å². The normalized spacial score (nSPS) is 7.67. The van der Waals surface area contributed by atoms with Crippen molar-refractivity contribution in [3.05, 3.63) is 12.2 Å². The molecule has 0 heterocycles. The first-order valence-electron chi connectivity index (χ1n) is 1.60. The van der Waals surface area contributed by atoms with Gasteiger partial charge in [0.05, 0.1) is 0 Å². The Morgan fingerprint density at radius 2 is 2.00 bits per heavy atom. The first-order valence-corrected chi connectivity index (χ1v) is 3.24. The van der Waals surface area contributed by atoms with E-state index in [-0.39, 0.29) is 3.80 Å². The minimum absolute atomic E-state index is 0.195. The molecule has 2 radical (unpaired) electrons. The number of carbonyl (C=O) groups excluding carboxylic acids is 1. The molecule has 0 rings (SSSR count). The zero-order chi connectivity index (χ0) is 5.15. The predicted molar refractivity (Wildman–Crippen MR) is 27.0 cm³/mol. The molecule has 0 bridgehead atoms. The van der Waals surface area contributed by atoms with Gasteiger partial charge in [0.25, 0.3) is 0 Å². The van der Waals surface area contributed by atoms with Crippen LogP contribution in [0.15, 0.2) is 12.2 Å². The molecule has 2 heteroatoms. The van der Waals surface area contributed by atoms with Crippen molar-refractivity contribution < 1.29 is 4.79 Å². The van der Waals surface area contributed by atoms with Gasteiger partial charge in [-0.1, -0.05) is 0 Å². The molecule has 0 spiro atoms. The van der Waals surface area contributed by atoms with Crippen molar-refractivity contribution in [3.8, 4) is 0 Å². The zero-order valence-electron chi connectivity index (χ0n) is 3.69. The van der Waals surface area contributed by atoms with Crippen LogP contribution in [0.5, 0.6) is 0 Å². The molecule has 32 valence electrons. The summed E-state index contributed by atoms with van der Waals surface area (Å²) in [4.78, 5) is 10.1. The van der Waals surface area contributed by atoms with Crippen LogP contribution in [0.25, 0.3) is 0 Å². The van der Waals surface area contributed by atoms with E-state index in [1.807, 2.05) is 0 Å². The fourth-order valence-corrected chi connectivity index (χ4v) is 0. The second-order valence-corrected chi connectivity index (χ2v) is 2.64. The summed E-state index contributed by atoms with van der Waals surface area (Å²) in [6.07, 6.45) is 0. The van der Waals surface area contributed by atoms with Crippen molar-refractivity contribution in [3.63, 3.8) is 0 Å². The van der Waals surface area contributed by atoms with E-state index in [0.29, 0.717) is 28.1 Å². The summed E-state index contributed by atoms with van der Waals surface area (Å²) in [7, 11) is 0. The Kier molecular flexibility index (Phi) is 2.48. The summed E-state index contributed by atoms with van der Waals surface area (Å²) in [6.45, 7) is 5.17. The molecule has 0 atom stereocenters. The Labute approximate surface area is 50.5 Å². The van der Waals surface area contributed by atoms with Crippen LogP contribution < -0.4 is 0 Å². The number of rotatable bonds is 1. The maximum absolute atomic E-state index is 10.1. The molecule has 0 N–H and O–H groups in total. The molecule has 0 aromatic carbocycles. The van der Waals surface area contributed by atoms with Crippen LogP contribution in [0, 0.1) is 0 Å². The average molecular weight is 189 g/mol. The Morgan fingerprint density at radius 1 is 1.83 bits per heavy atom. The van der Waals surface area contributed by atoms with Gasteiger partial charge in [0, 0.05) is 0 Å². The van der Waals surface area contributed by atoms with Gasteiger partial charge in [0.15, 0.2) is 0 Å². The molecule has 1 nitrogen and oxygen atoms in total. The monoisotopic (exact) mass is 190 g/mol. The van der Waals surface area contributed by atoms with Crippen LogP contribution in [0.3, 0.4) is 0 Å². The molecule has 0 aliphatic heterocycles. The van der Waals surface area contributed by atoms with Gasteiger partial charge >= 0.3 is 50.2 Å². The molecule has 0 aromatic heterocycles. The third-order valence-electron chi connectivity index (χ3n) is 0.421. The van der Waals surface area contributed by atoms with Gasteiger partial charge in [0.1, 0.15) is 0 Å². The van der Waals surface area contributed by atoms with Crippen LogP contribution >= 0.6 is 0 Å².